The van der Waals surface area contributed by atoms with E-state index in [0.717, 1.165) is 19.2 Å². The molecule has 13 nitrogen and oxygen atoms in total. The minimum atomic E-state index is -1.95. The Morgan fingerprint density at radius 2 is 1.76 bits per heavy atom. The van der Waals surface area contributed by atoms with E-state index < -0.39 is 71.3 Å². The molecule has 0 spiro atoms. The van der Waals surface area contributed by atoms with E-state index in [1.54, 1.807) is 36.6 Å². The number of aliphatic hydroxyl groups excluding tert-OH is 3. The third kappa shape index (κ3) is 6.26. The number of aromatic hydroxyl groups is 2. The monoisotopic (exact) mass is 591 g/mol. The molecule has 1 aliphatic heterocycles. The van der Waals surface area contributed by atoms with E-state index in [4.69, 9.17) is 18.6 Å². The normalized spacial score (nSPS) is 23.1. The van der Waals surface area contributed by atoms with E-state index in [2.05, 4.69) is 5.32 Å². The van der Waals surface area contributed by atoms with E-state index in [9.17, 15) is 39.9 Å². The number of benzene rings is 2. The van der Waals surface area contributed by atoms with Crippen LogP contribution in [0.5, 0.6) is 17.2 Å². The summed E-state index contributed by atoms with van der Waals surface area (Å²) >= 11 is 1.42. The molecular formula is C27H29NO12S. The Bertz CT molecular complexity index is 1460. The summed E-state index contributed by atoms with van der Waals surface area (Å²) in [6.45, 7) is 0. The predicted molar refractivity (Wildman–Crippen MR) is 146 cm³/mol. The van der Waals surface area contributed by atoms with Gasteiger partial charge in [0, 0.05) is 17.7 Å². The second-order valence-electron chi connectivity index (χ2n) is 9.17. The lowest BCUT2D eigenvalue weighted by atomic mass is 9.98. The van der Waals surface area contributed by atoms with Crippen molar-refractivity contribution in [3.63, 3.8) is 0 Å². The summed E-state index contributed by atoms with van der Waals surface area (Å²) in [7, 11) is 1.15. The van der Waals surface area contributed by atoms with Gasteiger partial charge in [-0.3, -0.25) is 9.59 Å². The second-order valence-corrected chi connectivity index (χ2v) is 10.2. The number of methoxy groups -OCH3 is 1. The maximum absolute atomic E-state index is 13.0. The highest BCUT2D eigenvalue weighted by Gasteiger charge is 2.48. The second kappa shape index (κ2) is 12.8. The lowest BCUT2D eigenvalue weighted by molar-refractivity contribution is -0.267. The van der Waals surface area contributed by atoms with Crippen LogP contribution in [0.3, 0.4) is 0 Å². The molecule has 4 rings (SSSR count). The summed E-state index contributed by atoms with van der Waals surface area (Å²) < 4.78 is 21.5. The molecule has 0 radical (unpaired) electrons. The highest BCUT2D eigenvalue weighted by molar-refractivity contribution is 7.98. The Labute approximate surface area is 237 Å². The highest BCUT2D eigenvalue weighted by Crippen LogP contribution is 2.42. The SMILES string of the molecule is COC(=O)[C@H](CCSC)NC(=O)[C@@H]1O[C@H](Oc2cc3oc(-c4ccccc4)cc(=O)c3c(O)c2O)[C@H](O)[C@@H](O)[C@@H]1O. The van der Waals surface area contributed by atoms with Crippen molar-refractivity contribution in [1.29, 1.82) is 0 Å². The Morgan fingerprint density at radius 3 is 2.41 bits per heavy atom. The van der Waals surface area contributed by atoms with Crippen LogP contribution in [-0.4, -0.2) is 93.3 Å². The summed E-state index contributed by atoms with van der Waals surface area (Å²) in [5.74, 6) is -3.39. The quantitative estimate of drug-likeness (QED) is 0.148. The number of ether oxygens (including phenoxy) is 3. The van der Waals surface area contributed by atoms with Crippen LogP contribution in [0.1, 0.15) is 6.42 Å². The summed E-state index contributed by atoms with van der Waals surface area (Å²) in [5.41, 5.74) is -0.284. The summed E-state index contributed by atoms with van der Waals surface area (Å²) in [6, 6.07) is 9.74. The fourth-order valence-electron chi connectivity index (χ4n) is 4.27. The molecule has 14 heteroatoms. The third-order valence-electron chi connectivity index (χ3n) is 6.47. The summed E-state index contributed by atoms with van der Waals surface area (Å²) in [4.78, 5) is 37.8. The van der Waals surface area contributed by atoms with Gasteiger partial charge < -0.3 is 49.5 Å². The number of phenolic OH excluding ortho intramolecular Hbond substituents is 2. The average molecular weight is 592 g/mol. The molecule has 1 amide bonds. The predicted octanol–water partition coefficient (Wildman–Crippen LogP) is 0.468. The van der Waals surface area contributed by atoms with Gasteiger partial charge in [-0.25, -0.2) is 4.79 Å². The molecule has 2 heterocycles. The van der Waals surface area contributed by atoms with Crippen molar-refractivity contribution in [2.45, 2.75) is 43.2 Å². The van der Waals surface area contributed by atoms with Gasteiger partial charge >= 0.3 is 5.97 Å². The minimum Gasteiger partial charge on any atom is -0.504 e. The van der Waals surface area contributed by atoms with E-state index >= 15 is 0 Å². The van der Waals surface area contributed by atoms with Gasteiger partial charge in [0.15, 0.2) is 23.0 Å². The van der Waals surface area contributed by atoms with E-state index in [1.807, 2.05) is 0 Å². The van der Waals surface area contributed by atoms with Crippen molar-refractivity contribution in [2.75, 3.05) is 19.1 Å². The lowest BCUT2D eigenvalue weighted by Crippen LogP contribution is -2.63. The first-order chi connectivity index (χ1) is 19.6. The number of rotatable bonds is 9. The number of amides is 1. The molecule has 1 fully saturated rings. The molecular weight excluding hydrogens is 562 g/mol. The fourth-order valence-corrected chi connectivity index (χ4v) is 4.74. The minimum absolute atomic E-state index is 0.157. The van der Waals surface area contributed by atoms with E-state index in [0.29, 0.717) is 11.3 Å². The average Bonchev–Trinajstić information content (AvgIpc) is 2.97. The van der Waals surface area contributed by atoms with Crippen LogP contribution in [0.4, 0.5) is 0 Å². The molecule has 1 saturated heterocycles. The van der Waals surface area contributed by atoms with Gasteiger partial charge in [0.05, 0.1) is 7.11 Å². The number of hydrogen-bond donors (Lipinski definition) is 6. The topological polar surface area (TPSA) is 205 Å². The van der Waals surface area contributed by atoms with Crippen LogP contribution < -0.4 is 15.5 Å². The van der Waals surface area contributed by atoms with Crippen molar-refractivity contribution in [3.05, 3.63) is 52.7 Å². The summed E-state index contributed by atoms with van der Waals surface area (Å²) in [6.07, 6.45) is -7.48. The zero-order valence-corrected chi connectivity index (χ0v) is 22.7. The number of hydrogen-bond acceptors (Lipinski definition) is 13. The maximum atomic E-state index is 13.0. The van der Waals surface area contributed by atoms with E-state index in [1.165, 1.54) is 11.8 Å². The van der Waals surface area contributed by atoms with Crippen molar-refractivity contribution in [3.8, 4) is 28.6 Å². The molecule has 0 saturated carbocycles. The molecule has 6 atom stereocenters. The van der Waals surface area contributed by atoms with Crippen LogP contribution >= 0.6 is 11.8 Å². The van der Waals surface area contributed by atoms with Crippen LogP contribution in [0.25, 0.3) is 22.3 Å². The van der Waals surface area contributed by atoms with Gasteiger partial charge in [-0.15, -0.1) is 0 Å². The van der Waals surface area contributed by atoms with Crippen LogP contribution in [0.2, 0.25) is 0 Å². The van der Waals surface area contributed by atoms with Crippen LogP contribution in [0.15, 0.2) is 51.7 Å². The highest BCUT2D eigenvalue weighted by atomic mass is 32.2. The van der Waals surface area contributed by atoms with Gasteiger partial charge in [0.1, 0.15) is 41.1 Å². The van der Waals surface area contributed by atoms with Gasteiger partial charge in [-0.2, -0.15) is 11.8 Å². The lowest BCUT2D eigenvalue weighted by Gasteiger charge is -2.39. The number of aliphatic hydroxyl groups is 3. The number of carbonyl (C=O) groups is 2. The van der Waals surface area contributed by atoms with Crippen molar-refractivity contribution < 1.29 is 53.7 Å². The van der Waals surface area contributed by atoms with E-state index in [-0.39, 0.29) is 23.2 Å². The van der Waals surface area contributed by atoms with Gasteiger partial charge in [-0.05, 0) is 18.4 Å². The molecule has 41 heavy (non-hydrogen) atoms. The molecule has 2 aromatic carbocycles. The van der Waals surface area contributed by atoms with Crippen molar-refractivity contribution in [1.82, 2.24) is 5.32 Å². The van der Waals surface area contributed by atoms with Crippen LogP contribution in [-0.2, 0) is 19.1 Å². The number of fused-ring (bicyclic) bond motifs is 1. The van der Waals surface area contributed by atoms with Crippen molar-refractivity contribution >= 4 is 34.6 Å². The molecule has 6 N–H and O–H groups in total. The standard InChI is InChI=1S/C27H29NO12S/c1-37-26(36)13(8-9-41-2)28-25(35)24-22(33)21(32)23(34)27(40-24)39-17-11-16-18(20(31)19(17)30)14(29)10-15(38-16)12-6-4-3-5-7-12/h3-7,10-11,13,21-24,27,30-34H,8-9H2,1-2H3,(H,28,35)/t13-,21-,22-,23+,24+,27-/m0/s1. The third-order valence-corrected chi connectivity index (χ3v) is 7.12. The zero-order chi connectivity index (χ0) is 29.8. The summed E-state index contributed by atoms with van der Waals surface area (Å²) in [5, 5.41) is 54.6. The number of esters is 1. The number of carbonyl (C=O) groups excluding carboxylic acids is 2. The first-order valence-corrected chi connectivity index (χ1v) is 13.8. The smallest absolute Gasteiger partial charge is 0.328 e. The largest absolute Gasteiger partial charge is 0.504 e. The van der Waals surface area contributed by atoms with Gasteiger partial charge in [-0.1, -0.05) is 30.3 Å². The molecule has 0 unspecified atom stereocenters. The Kier molecular flexibility index (Phi) is 9.40. The Hall–Kier alpha value is -3.82. The molecule has 3 aromatic rings. The molecule has 220 valence electrons. The molecule has 0 bridgehead atoms. The Morgan fingerprint density at radius 1 is 1.05 bits per heavy atom. The van der Waals surface area contributed by atoms with Crippen LogP contribution in [0, 0.1) is 0 Å². The number of nitrogens with one attached hydrogen (secondary N) is 1. The van der Waals surface area contributed by atoms with Gasteiger partial charge in [0.25, 0.3) is 5.91 Å². The first kappa shape index (κ1) is 30.1. The fraction of sp³-hybridized carbons (Fsp3) is 0.370. The number of thioether (sulfide) groups is 1. The molecule has 1 aromatic heterocycles. The molecule has 1 aliphatic rings. The molecule has 0 aliphatic carbocycles. The Balaban J connectivity index is 1.63. The number of phenols is 2. The maximum Gasteiger partial charge on any atom is 0.328 e. The zero-order valence-electron chi connectivity index (χ0n) is 21.9. The van der Waals surface area contributed by atoms with Crippen molar-refractivity contribution in [2.24, 2.45) is 0 Å². The van der Waals surface area contributed by atoms with Gasteiger partial charge in [0.2, 0.25) is 12.0 Å². The first-order valence-electron chi connectivity index (χ1n) is 12.4.